The van der Waals surface area contributed by atoms with Gasteiger partial charge in [-0.3, -0.25) is 0 Å². The number of nitrogen functional groups attached to an aromatic ring is 1. The van der Waals surface area contributed by atoms with Crippen LogP contribution in [0.5, 0.6) is 0 Å². The Kier molecular flexibility index (Phi) is 5.54. The minimum atomic E-state index is -3.68. The van der Waals surface area contributed by atoms with Crippen LogP contribution < -0.4 is 10.5 Å². The molecule has 0 fully saturated rings. The Morgan fingerprint density at radius 2 is 2.00 bits per heavy atom. The van der Waals surface area contributed by atoms with Gasteiger partial charge in [0.1, 0.15) is 4.90 Å². The van der Waals surface area contributed by atoms with Gasteiger partial charge in [0.05, 0.1) is 15.7 Å². The Bertz CT molecular complexity index is 657. The molecule has 3 N–H and O–H groups in total. The SMILES string of the molecule is Nc1c(Cl)ccc(S(=O)(=O)NCCC2=CCCCC2)c1Cl. The van der Waals surface area contributed by atoms with E-state index >= 15 is 0 Å². The van der Waals surface area contributed by atoms with Gasteiger partial charge in [-0.2, -0.15) is 0 Å². The van der Waals surface area contributed by atoms with E-state index < -0.39 is 10.0 Å². The first kappa shape index (κ1) is 16.6. The van der Waals surface area contributed by atoms with Crippen LogP contribution in [0.1, 0.15) is 32.1 Å². The Labute approximate surface area is 135 Å². The van der Waals surface area contributed by atoms with Crippen molar-refractivity contribution in [1.82, 2.24) is 4.72 Å². The van der Waals surface area contributed by atoms with Crippen LogP contribution in [0.2, 0.25) is 10.0 Å². The van der Waals surface area contributed by atoms with E-state index in [2.05, 4.69) is 10.8 Å². The van der Waals surface area contributed by atoms with E-state index in [0.29, 0.717) is 6.54 Å². The molecule has 21 heavy (non-hydrogen) atoms. The van der Waals surface area contributed by atoms with Crippen molar-refractivity contribution in [3.05, 3.63) is 33.8 Å². The molecule has 0 amide bonds. The lowest BCUT2D eigenvalue weighted by Gasteiger charge is -2.14. The highest BCUT2D eigenvalue weighted by Gasteiger charge is 2.20. The topological polar surface area (TPSA) is 72.2 Å². The minimum Gasteiger partial charge on any atom is -0.396 e. The quantitative estimate of drug-likeness (QED) is 0.628. The number of halogens is 2. The summed E-state index contributed by atoms with van der Waals surface area (Å²) < 4.78 is 27.0. The average Bonchev–Trinajstić information content (AvgIpc) is 2.45. The molecular formula is C14H18Cl2N2O2S. The molecule has 1 aromatic carbocycles. The second-order valence-corrected chi connectivity index (χ2v) is 7.55. The van der Waals surface area contributed by atoms with Gasteiger partial charge in [-0.05, 0) is 44.2 Å². The summed E-state index contributed by atoms with van der Waals surface area (Å²) in [6.45, 7) is 0.354. The monoisotopic (exact) mass is 348 g/mol. The fourth-order valence-electron chi connectivity index (χ4n) is 2.31. The van der Waals surface area contributed by atoms with E-state index in [1.807, 2.05) is 0 Å². The van der Waals surface area contributed by atoms with Gasteiger partial charge >= 0.3 is 0 Å². The first-order chi connectivity index (χ1) is 9.92. The maximum atomic E-state index is 12.2. The second-order valence-electron chi connectivity index (χ2n) is 5.03. The third-order valence-electron chi connectivity index (χ3n) is 3.50. The van der Waals surface area contributed by atoms with E-state index in [1.165, 1.54) is 30.5 Å². The summed E-state index contributed by atoms with van der Waals surface area (Å²) in [5.74, 6) is 0. The lowest BCUT2D eigenvalue weighted by molar-refractivity contribution is 0.579. The van der Waals surface area contributed by atoms with Crippen molar-refractivity contribution in [2.75, 3.05) is 12.3 Å². The summed E-state index contributed by atoms with van der Waals surface area (Å²) in [6.07, 6.45) is 7.45. The van der Waals surface area contributed by atoms with Gasteiger partial charge in [0.25, 0.3) is 0 Å². The highest BCUT2D eigenvalue weighted by atomic mass is 35.5. The van der Waals surface area contributed by atoms with E-state index in [1.54, 1.807) is 0 Å². The molecule has 0 aromatic heterocycles. The van der Waals surface area contributed by atoms with E-state index in [4.69, 9.17) is 28.9 Å². The number of nitrogens with one attached hydrogen (secondary N) is 1. The van der Waals surface area contributed by atoms with E-state index in [0.717, 1.165) is 19.3 Å². The second kappa shape index (κ2) is 7.01. The molecular weight excluding hydrogens is 331 g/mol. The van der Waals surface area contributed by atoms with Gasteiger partial charge in [0, 0.05) is 6.54 Å². The van der Waals surface area contributed by atoms with Crippen molar-refractivity contribution >= 4 is 38.9 Å². The van der Waals surface area contributed by atoms with Crippen molar-refractivity contribution in [3.63, 3.8) is 0 Å². The molecule has 0 radical (unpaired) electrons. The number of nitrogens with two attached hydrogens (primary N) is 1. The summed E-state index contributed by atoms with van der Waals surface area (Å²) in [4.78, 5) is -0.0382. The summed E-state index contributed by atoms with van der Waals surface area (Å²) in [6, 6.07) is 2.80. The standard InChI is InChI=1S/C14H18Cl2N2O2S/c15-11-6-7-12(13(16)14(11)17)21(19,20)18-9-8-10-4-2-1-3-5-10/h4,6-7,18H,1-3,5,8-9,17H2. The Hall–Kier alpha value is -0.750. The van der Waals surface area contributed by atoms with Crippen LogP contribution in [0.3, 0.4) is 0 Å². The highest BCUT2D eigenvalue weighted by Crippen LogP contribution is 2.33. The molecule has 0 bridgehead atoms. The molecule has 0 saturated carbocycles. The van der Waals surface area contributed by atoms with Crippen molar-refractivity contribution in [3.8, 4) is 0 Å². The molecule has 7 heteroatoms. The fraction of sp³-hybridized carbons (Fsp3) is 0.429. The number of rotatable bonds is 5. The zero-order valence-electron chi connectivity index (χ0n) is 11.5. The van der Waals surface area contributed by atoms with Crippen LogP contribution in [0.15, 0.2) is 28.7 Å². The Morgan fingerprint density at radius 3 is 2.67 bits per heavy atom. The third-order valence-corrected chi connectivity index (χ3v) is 5.86. The first-order valence-corrected chi connectivity index (χ1v) is 9.07. The van der Waals surface area contributed by atoms with Gasteiger partial charge in [-0.25, -0.2) is 13.1 Å². The predicted octanol–water partition coefficient (Wildman–Crippen LogP) is 3.74. The molecule has 4 nitrogen and oxygen atoms in total. The molecule has 1 aliphatic rings. The van der Waals surface area contributed by atoms with Gasteiger partial charge in [-0.15, -0.1) is 0 Å². The largest absolute Gasteiger partial charge is 0.396 e. The normalized spacial score (nSPS) is 15.8. The van der Waals surface area contributed by atoms with Crippen molar-refractivity contribution < 1.29 is 8.42 Å². The van der Waals surface area contributed by atoms with Crippen LogP contribution in [-0.2, 0) is 10.0 Å². The zero-order valence-corrected chi connectivity index (χ0v) is 13.9. The molecule has 116 valence electrons. The number of hydrogen-bond acceptors (Lipinski definition) is 3. The molecule has 0 saturated heterocycles. The minimum absolute atomic E-state index is 0.0353. The number of benzene rings is 1. The third kappa shape index (κ3) is 4.13. The van der Waals surface area contributed by atoms with E-state index in [-0.39, 0.29) is 20.6 Å². The summed E-state index contributed by atoms with van der Waals surface area (Å²) >= 11 is 11.8. The van der Waals surface area contributed by atoms with Crippen LogP contribution in [0.25, 0.3) is 0 Å². The van der Waals surface area contributed by atoms with Gasteiger partial charge in [0.2, 0.25) is 10.0 Å². The lowest BCUT2D eigenvalue weighted by Crippen LogP contribution is -2.25. The molecule has 0 aliphatic heterocycles. The zero-order chi connectivity index (χ0) is 15.5. The molecule has 1 aliphatic carbocycles. The van der Waals surface area contributed by atoms with Crippen LogP contribution in [0, 0.1) is 0 Å². The van der Waals surface area contributed by atoms with Crippen LogP contribution in [-0.4, -0.2) is 15.0 Å². The van der Waals surface area contributed by atoms with E-state index in [9.17, 15) is 8.42 Å². The van der Waals surface area contributed by atoms with Crippen LogP contribution in [0.4, 0.5) is 5.69 Å². The highest BCUT2D eigenvalue weighted by molar-refractivity contribution is 7.89. The molecule has 0 heterocycles. The van der Waals surface area contributed by atoms with Crippen molar-refractivity contribution in [1.29, 1.82) is 0 Å². The smallest absolute Gasteiger partial charge is 0.242 e. The maximum Gasteiger partial charge on any atom is 0.242 e. The Balaban J connectivity index is 2.05. The average molecular weight is 349 g/mol. The summed E-state index contributed by atoms with van der Waals surface area (Å²) in [7, 11) is -3.68. The number of sulfonamides is 1. The first-order valence-electron chi connectivity index (χ1n) is 6.83. The van der Waals surface area contributed by atoms with Crippen LogP contribution >= 0.6 is 23.2 Å². The summed E-state index contributed by atoms with van der Waals surface area (Å²) in [5.41, 5.74) is 7.05. The Morgan fingerprint density at radius 1 is 1.24 bits per heavy atom. The molecule has 0 spiro atoms. The fourth-order valence-corrected chi connectivity index (χ4v) is 4.11. The van der Waals surface area contributed by atoms with Gasteiger partial charge in [0.15, 0.2) is 0 Å². The van der Waals surface area contributed by atoms with Crippen molar-refractivity contribution in [2.24, 2.45) is 0 Å². The molecule has 1 aromatic rings. The van der Waals surface area contributed by atoms with Gasteiger partial charge in [-0.1, -0.05) is 34.9 Å². The van der Waals surface area contributed by atoms with Gasteiger partial charge < -0.3 is 5.73 Å². The number of allylic oxidation sites excluding steroid dienone is 1. The molecule has 0 unspecified atom stereocenters. The molecule has 2 rings (SSSR count). The predicted molar refractivity (Wildman–Crippen MR) is 87.2 cm³/mol. The lowest BCUT2D eigenvalue weighted by atomic mass is 9.97. The van der Waals surface area contributed by atoms with Crippen molar-refractivity contribution in [2.45, 2.75) is 37.0 Å². The number of anilines is 1. The maximum absolute atomic E-state index is 12.2. The molecule has 0 atom stereocenters. The number of hydrogen-bond donors (Lipinski definition) is 2. The summed E-state index contributed by atoms with van der Waals surface area (Å²) in [5, 5.41) is 0.207.